The van der Waals surface area contributed by atoms with Crippen LogP contribution in [0.5, 0.6) is 0 Å². The quantitative estimate of drug-likeness (QED) is 0.510. The third-order valence-corrected chi connectivity index (χ3v) is 4.80. The van der Waals surface area contributed by atoms with Crippen molar-refractivity contribution in [1.29, 1.82) is 0 Å². The zero-order chi connectivity index (χ0) is 22.8. The number of ether oxygens (including phenoxy) is 1. The highest BCUT2D eigenvalue weighted by atomic mass is 16.5. The molecule has 0 saturated heterocycles. The third-order valence-electron chi connectivity index (χ3n) is 4.80. The SMILES string of the molecule is C[C@@H](COC(=O)[C@H](Cc1ccccc1)NC(=O)c1ccccc1)NC(=O)c1ccccc1. The minimum Gasteiger partial charge on any atom is -0.462 e. The standard InChI is InChI=1S/C26H26N2O4/c1-19(27-24(29)21-13-7-3-8-14-21)18-32-26(31)23(17-20-11-5-2-6-12-20)28-25(30)22-15-9-4-10-16-22/h2-16,19,23H,17-18H2,1H3,(H,27,29)(H,28,30)/t19-,23-/m0/s1. The van der Waals surface area contributed by atoms with E-state index in [-0.39, 0.29) is 18.4 Å². The Bertz CT molecular complexity index is 1020. The van der Waals surface area contributed by atoms with Crippen LogP contribution in [0.25, 0.3) is 0 Å². The van der Waals surface area contributed by atoms with Crippen LogP contribution in [-0.4, -0.2) is 36.5 Å². The number of esters is 1. The molecule has 0 fully saturated rings. The lowest BCUT2D eigenvalue weighted by Crippen LogP contribution is -2.45. The first kappa shape index (κ1) is 22.7. The lowest BCUT2D eigenvalue weighted by molar-refractivity contribution is -0.146. The first-order chi connectivity index (χ1) is 15.5. The predicted molar refractivity (Wildman–Crippen MR) is 122 cm³/mol. The second-order valence-electron chi connectivity index (χ2n) is 7.45. The molecule has 6 heteroatoms. The summed E-state index contributed by atoms with van der Waals surface area (Å²) in [5, 5.41) is 5.57. The van der Waals surface area contributed by atoms with Gasteiger partial charge in [0.2, 0.25) is 0 Å². The van der Waals surface area contributed by atoms with E-state index in [2.05, 4.69) is 10.6 Å². The molecule has 0 saturated carbocycles. The Hall–Kier alpha value is -3.93. The molecule has 3 aromatic rings. The Morgan fingerprint density at radius 2 is 1.19 bits per heavy atom. The molecular weight excluding hydrogens is 404 g/mol. The van der Waals surface area contributed by atoms with E-state index in [1.54, 1.807) is 55.5 Å². The molecule has 2 amide bonds. The van der Waals surface area contributed by atoms with Crippen LogP contribution in [0.4, 0.5) is 0 Å². The van der Waals surface area contributed by atoms with E-state index in [0.29, 0.717) is 17.5 Å². The van der Waals surface area contributed by atoms with E-state index in [1.807, 2.05) is 42.5 Å². The summed E-state index contributed by atoms with van der Waals surface area (Å²) in [5.41, 5.74) is 1.89. The highest BCUT2D eigenvalue weighted by Gasteiger charge is 2.24. The molecule has 2 atom stereocenters. The molecule has 0 unspecified atom stereocenters. The number of amides is 2. The van der Waals surface area contributed by atoms with Crippen molar-refractivity contribution in [2.24, 2.45) is 0 Å². The minimum absolute atomic E-state index is 0.0100. The molecule has 32 heavy (non-hydrogen) atoms. The van der Waals surface area contributed by atoms with Gasteiger partial charge < -0.3 is 15.4 Å². The fourth-order valence-corrected chi connectivity index (χ4v) is 3.12. The molecule has 2 N–H and O–H groups in total. The summed E-state index contributed by atoms with van der Waals surface area (Å²) in [6.45, 7) is 1.74. The van der Waals surface area contributed by atoms with Crippen molar-refractivity contribution in [2.45, 2.75) is 25.4 Å². The van der Waals surface area contributed by atoms with Gasteiger partial charge in [0.15, 0.2) is 0 Å². The summed E-state index contributed by atoms with van der Waals surface area (Å²) in [5.74, 6) is -1.15. The molecule has 0 aromatic heterocycles. The van der Waals surface area contributed by atoms with Crippen molar-refractivity contribution in [2.75, 3.05) is 6.61 Å². The number of benzene rings is 3. The molecule has 3 aromatic carbocycles. The lowest BCUT2D eigenvalue weighted by atomic mass is 10.1. The molecule has 0 aliphatic carbocycles. The van der Waals surface area contributed by atoms with Crippen LogP contribution in [-0.2, 0) is 16.0 Å². The van der Waals surface area contributed by atoms with Crippen LogP contribution in [0.3, 0.4) is 0 Å². The Balaban J connectivity index is 1.61. The molecule has 0 heterocycles. The second kappa shape index (κ2) is 11.5. The first-order valence-electron chi connectivity index (χ1n) is 10.5. The Morgan fingerprint density at radius 1 is 0.719 bits per heavy atom. The maximum atomic E-state index is 12.8. The van der Waals surface area contributed by atoms with Gasteiger partial charge in [-0.25, -0.2) is 4.79 Å². The van der Waals surface area contributed by atoms with Crippen molar-refractivity contribution in [3.8, 4) is 0 Å². The Labute approximate surface area is 187 Å². The van der Waals surface area contributed by atoms with Crippen LogP contribution in [0.1, 0.15) is 33.2 Å². The van der Waals surface area contributed by atoms with Gasteiger partial charge in [-0.1, -0.05) is 66.7 Å². The van der Waals surface area contributed by atoms with Gasteiger partial charge in [0.25, 0.3) is 11.8 Å². The summed E-state index contributed by atoms with van der Waals surface area (Å²) in [6.07, 6.45) is 0.295. The molecule has 0 aliphatic heterocycles. The minimum atomic E-state index is -0.859. The van der Waals surface area contributed by atoms with Crippen LogP contribution >= 0.6 is 0 Å². The Morgan fingerprint density at radius 3 is 1.72 bits per heavy atom. The first-order valence-corrected chi connectivity index (χ1v) is 10.5. The van der Waals surface area contributed by atoms with Crippen molar-refractivity contribution < 1.29 is 19.1 Å². The van der Waals surface area contributed by atoms with Crippen LogP contribution < -0.4 is 10.6 Å². The van der Waals surface area contributed by atoms with E-state index in [1.165, 1.54) is 0 Å². The van der Waals surface area contributed by atoms with E-state index >= 15 is 0 Å². The third kappa shape index (κ3) is 6.80. The number of hydrogen-bond donors (Lipinski definition) is 2. The monoisotopic (exact) mass is 430 g/mol. The van der Waals surface area contributed by atoms with Gasteiger partial charge in [0.1, 0.15) is 12.6 Å². The molecule has 0 aliphatic rings. The van der Waals surface area contributed by atoms with Gasteiger partial charge in [-0.05, 0) is 36.8 Å². The predicted octanol–water partition coefficient (Wildman–Crippen LogP) is 3.39. The molecule has 0 radical (unpaired) electrons. The maximum absolute atomic E-state index is 12.8. The van der Waals surface area contributed by atoms with E-state index in [9.17, 15) is 14.4 Å². The molecule has 0 bridgehead atoms. The number of hydrogen-bond acceptors (Lipinski definition) is 4. The van der Waals surface area contributed by atoms with Crippen molar-refractivity contribution in [1.82, 2.24) is 10.6 Å². The van der Waals surface area contributed by atoms with Crippen LogP contribution in [0, 0.1) is 0 Å². The van der Waals surface area contributed by atoms with E-state index < -0.39 is 18.1 Å². The van der Waals surface area contributed by atoms with E-state index in [0.717, 1.165) is 5.56 Å². The van der Waals surface area contributed by atoms with Gasteiger partial charge in [0, 0.05) is 17.5 Å². The normalized spacial score (nSPS) is 12.3. The summed E-state index contributed by atoms with van der Waals surface area (Å²) in [6, 6.07) is 25.7. The fourth-order valence-electron chi connectivity index (χ4n) is 3.12. The summed E-state index contributed by atoms with van der Waals surface area (Å²) < 4.78 is 5.44. The average molecular weight is 431 g/mol. The number of carbonyl (C=O) groups excluding carboxylic acids is 3. The zero-order valence-electron chi connectivity index (χ0n) is 17.9. The van der Waals surface area contributed by atoms with Gasteiger partial charge in [-0.2, -0.15) is 0 Å². The smallest absolute Gasteiger partial charge is 0.329 e. The summed E-state index contributed by atoms with van der Waals surface area (Å²) in [4.78, 5) is 37.7. The van der Waals surface area contributed by atoms with Crippen LogP contribution in [0.2, 0.25) is 0 Å². The average Bonchev–Trinajstić information content (AvgIpc) is 2.83. The lowest BCUT2D eigenvalue weighted by Gasteiger charge is -2.20. The Kier molecular flexibility index (Phi) is 8.15. The number of rotatable bonds is 9. The molecule has 0 spiro atoms. The highest BCUT2D eigenvalue weighted by molar-refractivity contribution is 5.97. The van der Waals surface area contributed by atoms with Crippen molar-refractivity contribution >= 4 is 17.8 Å². The largest absolute Gasteiger partial charge is 0.462 e. The molecule has 164 valence electrons. The van der Waals surface area contributed by atoms with Gasteiger partial charge in [-0.3, -0.25) is 9.59 Å². The fraction of sp³-hybridized carbons (Fsp3) is 0.192. The molecular formula is C26H26N2O4. The molecule has 6 nitrogen and oxygen atoms in total. The second-order valence-corrected chi connectivity index (χ2v) is 7.45. The summed E-state index contributed by atoms with van der Waals surface area (Å²) >= 11 is 0. The maximum Gasteiger partial charge on any atom is 0.329 e. The number of carbonyl (C=O) groups is 3. The zero-order valence-corrected chi connectivity index (χ0v) is 17.9. The highest BCUT2D eigenvalue weighted by Crippen LogP contribution is 2.07. The van der Waals surface area contributed by atoms with E-state index in [4.69, 9.17) is 4.74 Å². The molecule has 3 rings (SSSR count). The topological polar surface area (TPSA) is 84.5 Å². The van der Waals surface area contributed by atoms with Crippen LogP contribution in [0.15, 0.2) is 91.0 Å². The summed E-state index contributed by atoms with van der Waals surface area (Å²) in [7, 11) is 0. The number of nitrogens with one attached hydrogen (secondary N) is 2. The van der Waals surface area contributed by atoms with Crippen molar-refractivity contribution in [3.63, 3.8) is 0 Å². The van der Waals surface area contributed by atoms with Gasteiger partial charge in [-0.15, -0.1) is 0 Å². The van der Waals surface area contributed by atoms with Gasteiger partial charge >= 0.3 is 5.97 Å². The van der Waals surface area contributed by atoms with Gasteiger partial charge in [0.05, 0.1) is 6.04 Å². The van der Waals surface area contributed by atoms with Crippen molar-refractivity contribution in [3.05, 3.63) is 108 Å².